The molecule has 4 heteroatoms. The predicted molar refractivity (Wildman–Crippen MR) is 56.7 cm³/mol. The molecule has 0 aromatic rings. The largest absolute Gasteiger partial charge is 0.381 e. The van der Waals surface area contributed by atoms with Crippen molar-refractivity contribution in [2.75, 3.05) is 26.9 Å². The van der Waals surface area contributed by atoms with Crippen LogP contribution in [-0.4, -0.2) is 45.2 Å². The second-order valence-corrected chi connectivity index (χ2v) is 4.53. The summed E-state index contributed by atoms with van der Waals surface area (Å²) in [6.07, 6.45) is 3.49. The Morgan fingerprint density at radius 3 is 2.67 bits per heavy atom. The maximum Gasteiger partial charge on any atom is 0.0984 e. The summed E-state index contributed by atoms with van der Waals surface area (Å²) in [4.78, 5) is 0. The molecule has 3 atom stereocenters. The molecule has 0 amide bonds. The van der Waals surface area contributed by atoms with Crippen LogP contribution in [0.5, 0.6) is 0 Å². The SMILES string of the molecule is COC1C(N)CC1OCC1CCOCC1. The van der Waals surface area contributed by atoms with E-state index in [2.05, 4.69) is 0 Å². The normalized spacial score (nSPS) is 37.6. The molecule has 4 nitrogen and oxygen atoms in total. The molecule has 88 valence electrons. The van der Waals surface area contributed by atoms with Gasteiger partial charge in [0.2, 0.25) is 0 Å². The Balaban J connectivity index is 1.65. The van der Waals surface area contributed by atoms with Gasteiger partial charge in [0, 0.05) is 26.4 Å². The number of ether oxygens (including phenoxy) is 3. The van der Waals surface area contributed by atoms with Crippen molar-refractivity contribution in [2.45, 2.75) is 37.5 Å². The second-order valence-electron chi connectivity index (χ2n) is 4.53. The van der Waals surface area contributed by atoms with Crippen molar-refractivity contribution in [3.05, 3.63) is 0 Å². The van der Waals surface area contributed by atoms with Crippen LogP contribution in [-0.2, 0) is 14.2 Å². The highest BCUT2D eigenvalue weighted by Crippen LogP contribution is 2.26. The van der Waals surface area contributed by atoms with Gasteiger partial charge in [-0.15, -0.1) is 0 Å². The average Bonchev–Trinajstić information content (AvgIpc) is 2.26. The van der Waals surface area contributed by atoms with E-state index in [9.17, 15) is 0 Å². The van der Waals surface area contributed by atoms with Crippen LogP contribution in [0, 0.1) is 5.92 Å². The van der Waals surface area contributed by atoms with E-state index in [1.54, 1.807) is 7.11 Å². The minimum Gasteiger partial charge on any atom is -0.381 e. The Morgan fingerprint density at radius 2 is 2.07 bits per heavy atom. The Bertz CT molecular complexity index is 194. The summed E-state index contributed by atoms with van der Waals surface area (Å²) in [5.41, 5.74) is 5.81. The summed E-state index contributed by atoms with van der Waals surface area (Å²) in [5, 5.41) is 0. The number of hydrogen-bond donors (Lipinski definition) is 1. The molecular weight excluding hydrogens is 194 g/mol. The third-order valence-corrected chi connectivity index (χ3v) is 3.45. The van der Waals surface area contributed by atoms with Crippen molar-refractivity contribution in [1.82, 2.24) is 0 Å². The van der Waals surface area contributed by atoms with Gasteiger partial charge in [-0.05, 0) is 25.2 Å². The zero-order valence-electron chi connectivity index (χ0n) is 9.35. The van der Waals surface area contributed by atoms with Gasteiger partial charge in [0.15, 0.2) is 0 Å². The molecular formula is C11H21NO3. The molecule has 0 spiro atoms. The summed E-state index contributed by atoms with van der Waals surface area (Å²) in [5.74, 6) is 0.660. The number of nitrogens with two attached hydrogens (primary N) is 1. The fourth-order valence-corrected chi connectivity index (χ4v) is 2.28. The van der Waals surface area contributed by atoms with Gasteiger partial charge in [0.25, 0.3) is 0 Å². The number of methoxy groups -OCH3 is 1. The van der Waals surface area contributed by atoms with Crippen molar-refractivity contribution >= 4 is 0 Å². The molecule has 15 heavy (non-hydrogen) atoms. The molecule has 2 rings (SSSR count). The van der Waals surface area contributed by atoms with Gasteiger partial charge in [-0.3, -0.25) is 0 Å². The Labute approximate surface area is 91.1 Å². The highest BCUT2D eigenvalue weighted by molar-refractivity contribution is 4.94. The van der Waals surface area contributed by atoms with Gasteiger partial charge < -0.3 is 19.9 Å². The maximum absolute atomic E-state index is 5.83. The topological polar surface area (TPSA) is 53.7 Å². The zero-order chi connectivity index (χ0) is 10.7. The first-order valence-electron chi connectivity index (χ1n) is 5.79. The molecule has 1 saturated carbocycles. The molecule has 0 aromatic carbocycles. The average molecular weight is 215 g/mol. The molecule has 0 aromatic heterocycles. The Kier molecular flexibility index (Phi) is 3.97. The van der Waals surface area contributed by atoms with Gasteiger partial charge in [0.1, 0.15) is 0 Å². The van der Waals surface area contributed by atoms with Gasteiger partial charge >= 0.3 is 0 Å². The molecule has 1 aliphatic carbocycles. The van der Waals surface area contributed by atoms with E-state index in [4.69, 9.17) is 19.9 Å². The third kappa shape index (κ3) is 2.69. The zero-order valence-corrected chi connectivity index (χ0v) is 9.35. The lowest BCUT2D eigenvalue weighted by atomic mass is 9.86. The summed E-state index contributed by atoms with van der Waals surface area (Å²) >= 11 is 0. The van der Waals surface area contributed by atoms with Crippen molar-refractivity contribution in [3.8, 4) is 0 Å². The van der Waals surface area contributed by atoms with Crippen LogP contribution >= 0.6 is 0 Å². The van der Waals surface area contributed by atoms with Crippen molar-refractivity contribution < 1.29 is 14.2 Å². The van der Waals surface area contributed by atoms with E-state index < -0.39 is 0 Å². The van der Waals surface area contributed by atoms with E-state index in [1.807, 2.05) is 0 Å². The van der Waals surface area contributed by atoms with Crippen molar-refractivity contribution in [1.29, 1.82) is 0 Å². The molecule has 1 aliphatic heterocycles. The van der Waals surface area contributed by atoms with Gasteiger partial charge in [-0.2, -0.15) is 0 Å². The van der Waals surface area contributed by atoms with E-state index in [1.165, 1.54) is 0 Å². The van der Waals surface area contributed by atoms with Crippen LogP contribution in [0.25, 0.3) is 0 Å². The molecule has 1 saturated heterocycles. The lowest BCUT2D eigenvalue weighted by Crippen LogP contribution is -2.58. The van der Waals surface area contributed by atoms with Gasteiger partial charge in [-0.25, -0.2) is 0 Å². The first kappa shape index (κ1) is 11.3. The van der Waals surface area contributed by atoms with Crippen molar-refractivity contribution in [3.63, 3.8) is 0 Å². The first-order chi connectivity index (χ1) is 7.31. The first-order valence-corrected chi connectivity index (χ1v) is 5.79. The van der Waals surface area contributed by atoms with E-state index in [0.717, 1.165) is 39.1 Å². The minimum atomic E-state index is 0.102. The monoisotopic (exact) mass is 215 g/mol. The molecule has 2 N–H and O–H groups in total. The summed E-state index contributed by atoms with van der Waals surface area (Å²) in [6, 6.07) is 0.162. The van der Waals surface area contributed by atoms with Crippen molar-refractivity contribution in [2.24, 2.45) is 11.7 Å². The lowest BCUT2D eigenvalue weighted by Gasteiger charge is -2.41. The van der Waals surface area contributed by atoms with Crippen LogP contribution in [0.2, 0.25) is 0 Å². The fraction of sp³-hybridized carbons (Fsp3) is 1.00. The molecule has 2 aliphatic rings. The van der Waals surface area contributed by atoms with E-state index >= 15 is 0 Å². The fourth-order valence-electron chi connectivity index (χ4n) is 2.28. The van der Waals surface area contributed by atoms with E-state index in [-0.39, 0.29) is 18.2 Å². The van der Waals surface area contributed by atoms with Crippen LogP contribution < -0.4 is 5.73 Å². The number of rotatable bonds is 4. The quantitative estimate of drug-likeness (QED) is 0.744. The third-order valence-electron chi connectivity index (χ3n) is 3.45. The van der Waals surface area contributed by atoms with Crippen LogP contribution in [0.4, 0.5) is 0 Å². The van der Waals surface area contributed by atoms with Crippen LogP contribution in [0.1, 0.15) is 19.3 Å². The van der Waals surface area contributed by atoms with E-state index in [0.29, 0.717) is 5.92 Å². The highest BCUT2D eigenvalue weighted by Gasteiger charge is 2.40. The maximum atomic E-state index is 5.83. The van der Waals surface area contributed by atoms with Crippen LogP contribution in [0.3, 0.4) is 0 Å². The Morgan fingerprint density at radius 1 is 1.33 bits per heavy atom. The highest BCUT2D eigenvalue weighted by atomic mass is 16.5. The standard InChI is InChI=1S/C11H21NO3/c1-13-11-9(12)6-10(11)15-7-8-2-4-14-5-3-8/h8-11H,2-7,12H2,1H3. The second kappa shape index (κ2) is 5.25. The smallest absolute Gasteiger partial charge is 0.0984 e. The summed E-state index contributed by atoms with van der Waals surface area (Å²) < 4.78 is 16.4. The molecule has 0 radical (unpaired) electrons. The predicted octanol–water partition coefficient (Wildman–Crippen LogP) is 0.544. The minimum absolute atomic E-state index is 0.102. The summed E-state index contributed by atoms with van der Waals surface area (Å²) in [6.45, 7) is 2.60. The summed E-state index contributed by atoms with van der Waals surface area (Å²) in [7, 11) is 1.70. The number of hydrogen-bond acceptors (Lipinski definition) is 4. The molecule has 3 unspecified atom stereocenters. The van der Waals surface area contributed by atoms with Gasteiger partial charge in [-0.1, -0.05) is 0 Å². The Hall–Kier alpha value is -0.160. The lowest BCUT2D eigenvalue weighted by molar-refractivity contribution is -0.136. The van der Waals surface area contributed by atoms with Crippen LogP contribution in [0.15, 0.2) is 0 Å². The molecule has 1 heterocycles. The molecule has 0 bridgehead atoms. The molecule has 2 fully saturated rings. The van der Waals surface area contributed by atoms with Gasteiger partial charge in [0.05, 0.1) is 18.8 Å².